The number of aromatic carboxylic acids is 1. The minimum Gasteiger partial charge on any atom is -0.478 e. The van der Waals surface area contributed by atoms with E-state index in [2.05, 4.69) is 26.6 Å². The zero-order valence-corrected chi connectivity index (χ0v) is 23.4. The van der Waals surface area contributed by atoms with E-state index >= 15 is 0 Å². The lowest BCUT2D eigenvalue weighted by atomic mass is 9.98. The number of halogens is 1. The Hall–Kier alpha value is -4.40. The van der Waals surface area contributed by atoms with E-state index in [0.717, 1.165) is 14.9 Å². The first-order valence-corrected chi connectivity index (χ1v) is 14.0. The third kappa shape index (κ3) is 6.09. The molecular weight excluding hydrogens is 588 g/mol. The molecule has 5 aromatic carbocycles. The van der Waals surface area contributed by atoms with Crippen molar-refractivity contribution in [2.45, 2.75) is 10.1 Å². The predicted molar refractivity (Wildman–Crippen MR) is 163 cm³/mol. The van der Waals surface area contributed by atoms with Crippen molar-refractivity contribution in [2.75, 3.05) is 10.6 Å². The molecule has 5 rings (SSSR count). The quantitative estimate of drug-likeness (QED) is 0.155. The summed E-state index contributed by atoms with van der Waals surface area (Å²) in [5.41, 5.74) is 2.45. The topological polar surface area (TPSA) is 95.5 Å². The summed E-state index contributed by atoms with van der Waals surface area (Å²) in [5.74, 6) is -1.66. The number of thioether (sulfide) groups is 1. The number of para-hydroxylation sites is 1. The maximum Gasteiger partial charge on any atom is 0.336 e. The van der Waals surface area contributed by atoms with Crippen molar-refractivity contribution in [2.24, 2.45) is 0 Å². The first kappa shape index (κ1) is 27.2. The molecule has 0 heterocycles. The van der Waals surface area contributed by atoms with Gasteiger partial charge in [-0.3, -0.25) is 9.59 Å². The van der Waals surface area contributed by atoms with Gasteiger partial charge in [-0.25, -0.2) is 4.79 Å². The van der Waals surface area contributed by atoms with Gasteiger partial charge in [-0.1, -0.05) is 66.7 Å². The molecule has 3 N–H and O–H groups in total. The second-order valence-corrected chi connectivity index (χ2v) is 10.9. The van der Waals surface area contributed by atoms with E-state index in [9.17, 15) is 19.5 Å². The molecule has 0 aromatic heterocycles. The molecule has 0 fully saturated rings. The van der Waals surface area contributed by atoms with E-state index in [1.807, 2.05) is 66.7 Å². The zero-order chi connectivity index (χ0) is 28.1. The molecule has 0 saturated carbocycles. The Morgan fingerprint density at radius 2 is 1.35 bits per heavy atom. The van der Waals surface area contributed by atoms with Gasteiger partial charge < -0.3 is 15.7 Å². The fraction of sp³-hybridized carbons (Fsp3) is 0.0312. The maximum absolute atomic E-state index is 13.4. The van der Waals surface area contributed by atoms with Crippen molar-refractivity contribution in [3.8, 4) is 0 Å². The SMILES string of the molecule is O=C(O)c1cccc2cccc(C(=O)Nc3ccc(SC(C(=O)Nc4ccccc4Br)c4ccccc4)cc3)c12. The first-order chi connectivity index (χ1) is 19.4. The lowest BCUT2D eigenvalue weighted by Crippen LogP contribution is -2.19. The number of carbonyl (C=O) groups excluding carboxylic acids is 2. The molecule has 0 spiro atoms. The van der Waals surface area contributed by atoms with Crippen LogP contribution in [0, 0.1) is 0 Å². The molecule has 1 unspecified atom stereocenters. The largest absolute Gasteiger partial charge is 0.478 e. The van der Waals surface area contributed by atoms with Crippen molar-refractivity contribution in [3.05, 3.63) is 136 Å². The van der Waals surface area contributed by atoms with Crippen LogP contribution in [-0.4, -0.2) is 22.9 Å². The molecule has 40 heavy (non-hydrogen) atoms. The van der Waals surface area contributed by atoms with E-state index < -0.39 is 17.1 Å². The number of nitrogens with one attached hydrogen (secondary N) is 2. The molecule has 1 atom stereocenters. The van der Waals surface area contributed by atoms with Crippen molar-refractivity contribution < 1.29 is 19.5 Å². The van der Waals surface area contributed by atoms with Gasteiger partial charge >= 0.3 is 5.97 Å². The van der Waals surface area contributed by atoms with Gasteiger partial charge in [-0.15, -0.1) is 11.8 Å². The molecule has 0 aliphatic carbocycles. The molecule has 0 saturated heterocycles. The van der Waals surface area contributed by atoms with Crippen molar-refractivity contribution >= 4 is 67.6 Å². The van der Waals surface area contributed by atoms with Crippen LogP contribution in [0.1, 0.15) is 31.5 Å². The first-order valence-electron chi connectivity index (χ1n) is 12.3. The van der Waals surface area contributed by atoms with E-state index in [1.54, 1.807) is 42.5 Å². The van der Waals surface area contributed by atoms with Crippen LogP contribution in [0.4, 0.5) is 11.4 Å². The summed E-state index contributed by atoms with van der Waals surface area (Å²) in [4.78, 5) is 39.2. The summed E-state index contributed by atoms with van der Waals surface area (Å²) in [6, 6.07) is 34.2. The lowest BCUT2D eigenvalue weighted by molar-refractivity contribution is -0.115. The Bertz CT molecular complexity index is 1700. The van der Waals surface area contributed by atoms with Crippen LogP contribution in [0.15, 0.2) is 125 Å². The average Bonchev–Trinajstić information content (AvgIpc) is 2.97. The highest BCUT2D eigenvalue weighted by atomic mass is 79.9. The Kier molecular flexibility index (Phi) is 8.28. The fourth-order valence-electron chi connectivity index (χ4n) is 4.32. The van der Waals surface area contributed by atoms with Gasteiger partial charge in [0, 0.05) is 26.0 Å². The third-order valence-corrected chi connectivity index (χ3v) is 8.18. The van der Waals surface area contributed by atoms with E-state index in [1.165, 1.54) is 17.8 Å². The van der Waals surface area contributed by atoms with Gasteiger partial charge in [0.1, 0.15) is 5.25 Å². The summed E-state index contributed by atoms with van der Waals surface area (Å²) in [6.45, 7) is 0. The zero-order valence-electron chi connectivity index (χ0n) is 21.0. The van der Waals surface area contributed by atoms with Gasteiger partial charge in [0.25, 0.3) is 5.91 Å². The summed E-state index contributed by atoms with van der Waals surface area (Å²) < 4.78 is 0.793. The molecule has 5 aromatic rings. The Balaban J connectivity index is 1.35. The Morgan fingerprint density at radius 1 is 0.700 bits per heavy atom. The lowest BCUT2D eigenvalue weighted by Gasteiger charge is -2.18. The van der Waals surface area contributed by atoms with Crippen LogP contribution in [0.25, 0.3) is 10.8 Å². The molecule has 0 aliphatic rings. The number of fused-ring (bicyclic) bond motifs is 1. The van der Waals surface area contributed by atoms with E-state index in [4.69, 9.17) is 0 Å². The molecule has 2 amide bonds. The molecular formula is C32H23BrN2O4S. The smallest absolute Gasteiger partial charge is 0.336 e. The second-order valence-electron chi connectivity index (χ2n) is 8.87. The highest BCUT2D eigenvalue weighted by molar-refractivity contribution is 9.10. The number of benzene rings is 5. The summed E-state index contributed by atoms with van der Waals surface area (Å²) in [6.07, 6.45) is 0. The number of anilines is 2. The molecule has 8 heteroatoms. The van der Waals surface area contributed by atoms with Crippen molar-refractivity contribution in [1.82, 2.24) is 0 Å². The number of carboxylic acids is 1. The van der Waals surface area contributed by atoms with Crippen LogP contribution in [-0.2, 0) is 4.79 Å². The molecule has 0 aliphatic heterocycles. The van der Waals surface area contributed by atoms with Crippen LogP contribution in [0.3, 0.4) is 0 Å². The molecule has 6 nitrogen and oxygen atoms in total. The van der Waals surface area contributed by atoms with Crippen molar-refractivity contribution in [3.63, 3.8) is 0 Å². The number of carbonyl (C=O) groups is 3. The minimum atomic E-state index is -1.09. The number of carboxylic acid groups (broad SMARTS) is 1. The van der Waals surface area contributed by atoms with Gasteiger partial charge in [-0.05, 0) is 75.4 Å². The van der Waals surface area contributed by atoms with Gasteiger partial charge in [0.15, 0.2) is 0 Å². The van der Waals surface area contributed by atoms with E-state index in [0.29, 0.717) is 22.1 Å². The van der Waals surface area contributed by atoms with E-state index in [-0.39, 0.29) is 17.0 Å². The van der Waals surface area contributed by atoms with Gasteiger partial charge in [0.05, 0.1) is 11.3 Å². The average molecular weight is 612 g/mol. The summed E-state index contributed by atoms with van der Waals surface area (Å²) in [5, 5.41) is 16.1. The summed E-state index contributed by atoms with van der Waals surface area (Å²) in [7, 11) is 0. The van der Waals surface area contributed by atoms with Crippen LogP contribution in [0.2, 0.25) is 0 Å². The molecule has 198 valence electrons. The maximum atomic E-state index is 13.4. The third-order valence-electron chi connectivity index (χ3n) is 6.22. The van der Waals surface area contributed by atoms with Crippen LogP contribution in [0.5, 0.6) is 0 Å². The number of hydrogen-bond acceptors (Lipinski definition) is 4. The monoisotopic (exact) mass is 610 g/mol. The fourth-order valence-corrected chi connectivity index (χ4v) is 5.73. The number of hydrogen-bond donors (Lipinski definition) is 3. The second kappa shape index (κ2) is 12.2. The van der Waals surface area contributed by atoms with Crippen molar-refractivity contribution in [1.29, 1.82) is 0 Å². The number of amides is 2. The standard InChI is InChI=1S/C32H23BrN2O4S/c33-26-14-4-5-15-27(26)35-31(37)29(21-8-2-1-3-9-21)40-23-18-16-22(17-19-23)34-30(36)24-12-6-10-20-11-7-13-25(28(20)24)32(38)39/h1-19,29H,(H,34,36)(H,35,37)(H,38,39). The highest BCUT2D eigenvalue weighted by Crippen LogP contribution is 2.37. The van der Waals surface area contributed by atoms with Crippen LogP contribution < -0.4 is 10.6 Å². The Morgan fingerprint density at radius 3 is 2.02 bits per heavy atom. The number of rotatable bonds is 8. The predicted octanol–water partition coefficient (Wildman–Crippen LogP) is 8.02. The molecule has 0 radical (unpaired) electrons. The molecule has 0 bridgehead atoms. The Labute approximate surface area is 243 Å². The highest BCUT2D eigenvalue weighted by Gasteiger charge is 2.23. The van der Waals surface area contributed by atoms with Gasteiger partial charge in [0.2, 0.25) is 5.91 Å². The normalized spacial score (nSPS) is 11.5. The van der Waals surface area contributed by atoms with Gasteiger partial charge in [-0.2, -0.15) is 0 Å². The summed E-state index contributed by atoms with van der Waals surface area (Å²) >= 11 is 4.88. The minimum absolute atomic E-state index is 0.0720. The van der Waals surface area contributed by atoms with Crippen LogP contribution >= 0.6 is 27.7 Å².